The molecule has 1 rings (SSSR count). The monoisotopic (exact) mass is 311 g/mol. The van der Waals surface area contributed by atoms with E-state index >= 15 is 0 Å². The van der Waals surface area contributed by atoms with Gasteiger partial charge >= 0.3 is 6.18 Å². The molecule has 1 aromatic carbocycles. The van der Waals surface area contributed by atoms with Crippen LogP contribution in [-0.4, -0.2) is 30.1 Å². The van der Waals surface area contributed by atoms with Crippen LogP contribution in [0.5, 0.6) is 0 Å². The first kappa shape index (κ1) is 16.2. The summed E-state index contributed by atoms with van der Waals surface area (Å²) >= 11 is 5.70. The van der Waals surface area contributed by atoms with Crippen molar-refractivity contribution in [1.29, 1.82) is 0 Å². The van der Waals surface area contributed by atoms with Crippen molar-refractivity contribution in [2.24, 2.45) is 0 Å². The molecule has 1 amide bonds. The van der Waals surface area contributed by atoms with Gasteiger partial charge in [-0.05, 0) is 6.07 Å². The third-order valence-electron chi connectivity index (χ3n) is 2.05. The first-order valence-corrected chi connectivity index (χ1v) is 5.58. The number of rotatable bonds is 5. The number of anilines is 1. The second-order valence-electron chi connectivity index (χ2n) is 3.69. The zero-order valence-corrected chi connectivity index (χ0v) is 10.6. The van der Waals surface area contributed by atoms with E-state index in [0.29, 0.717) is 0 Å². The van der Waals surface area contributed by atoms with Gasteiger partial charge in [-0.2, -0.15) is 13.2 Å². The molecule has 0 aliphatic carbocycles. The zero-order valence-electron chi connectivity index (χ0n) is 9.83. The quantitative estimate of drug-likeness (QED) is 0.645. The number of carbonyl (C=O) groups excluding carboxylic acids is 1. The maximum Gasteiger partial charge on any atom is 0.401 e. The minimum atomic E-state index is -4.41. The number of amides is 1. The number of halogens is 4. The molecule has 0 aliphatic rings. The van der Waals surface area contributed by atoms with Crippen LogP contribution in [0.25, 0.3) is 0 Å². The highest BCUT2D eigenvalue weighted by Gasteiger charge is 2.26. The molecule has 0 spiro atoms. The maximum atomic E-state index is 11.8. The van der Waals surface area contributed by atoms with E-state index in [4.69, 9.17) is 11.6 Å². The van der Waals surface area contributed by atoms with Gasteiger partial charge in [0.25, 0.3) is 5.69 Å². The van der Waals surface area contributed by atoms with Crippen LogP contribution in [0.3, 0.4) is 0 Å². The van der Waals surface area contributed by atoms with Crippen LogP contribution in [0.2, 0.25) is 5.02 Å². The number of alkyl halides is 3. The first-order valence-electron chi connectivity index (χ1n) is 5.20. The summed E-state index contributed by atoms with van der Waals surface area (Å²) in [6, 6.07) is 3.34. The van der Waals surface area contributed by atoms with Crippen LogP contribution < -0.4 is 10.6 Å². The number of nitrogens with zero attached hydrogens (tertiary/aromatic N) is 1. The summed E-state index contributed by atoms with van der Waals surface area (Å²) in [7, 11) is 0. The van der Waals surface area contributed by atoms with Gasteiger partial charge in [0.15, 0.2) is 0 Å². The SMILES string of the molecule is O=C(CNCC(F)(F)F)Nc1ccc([N+](=O)[O-])cc1Cl. The molecular weight excluding hydrogens is 303 g/mol. The van der Waals surface area contributed by atoms with Crippen LogP contribution in [-0.2, 0) is 4.79 Å². The molecule has 10 heteroatoms. The lowest BCUT2D eigenvalue weighted by molar-refractivity contribution is -0.384. The highest BCUT2D eigenvalue weighted by atomic mass is 35.5. The minimum Gasteiger partial charge on any atom is -0.324 e. The Hall–Kier alpha value is -1.87. The molecular formula is C10H9ClF3N3O3. The number of nitro groups is 1. The fourth-order valence-electron chi connectivity index (χ4n) is 1.23. The largest absolute Gasteiger partial charge is 0.401 e. The van der Waals surface area contributed by atoms with Gasteiger partial charge in [-0.15, -0.1) is 0 Å². The smallest absolute Gasteiger partial charge is 0.324 e. The Morgan fingerprint density at radius 1 is 1.40 bits per heavy atom. The van der Waals surface area contributed by atoms with Gasteiger partial charge in [0, 0.05) is 12.1 Å². The van der Waals surface area contributed by atoms with Crippen molar-refractivity contribution in [3.8, 4) is 0 Å². The average Bonchev–Trinajstić information content (AvgIpc) is 2.29. The maximum absolute atomic E-state index is 11.8. The van der Waals surface area contributed by atoms with Crippen LogP contribution in [0.15, 0.2) is 18.2 Å². The fraction of sp³-hybridized carbons (Fsp3) is 0.300. The second-order valence-corrected chi connectivity index (χ2v) is 4.10. The second kappa shape index (κ2) is 6.53. The third-order valence-corrected chi connectivity index (χ3v) is 2.36. The molecule has 110 valence electrons. The van der Waals surface area contributed by atoms with Gasteiger partial charge in [-0.1, -0.05) is 11.6 Å². The average molecular weight is 312 g/mol. The Morgan fingerprint density at radius 2 is 2.05 bits per heavy atom. The number of benzene rings is 1. The summed E-state index contributed by atoms with van der Waals surface area (Å²) in [6.45, 7) is -1.86. The first-order chi connectivity index (χ1) is 9.19. The van der Waals surface area contributed by atoms with E-state index in [1.54, 1.807) is 0 Å². The Labute approximate surface area is 116 Å². The molecule has 0 heterocycles. The molecule has 0 saturated heterocycles. The molecule has 1 aromatic rings. The van der Waals surface area contributed by atoms with E-state index in [2.05, 4.69) is 5.32 Å². The Kier molecular flexibility index (Phi) is 5.28. The van der Waals surface area contributed by atoms with Gasteiger partial charge in [0.05, 0.1) is 28.7 Å². The van der Waals surface area contributed by atoms with Crippen molar-refractivity contribution >= 4 is 28.9 Å². The molecule has 0 bridgehead atoms. The van der Waals surface area contributed by atoms with Crippen molar-refractivity contribution in [1.82, 2.24) is 5.32 Å². The van der Waals surface area contributed by atoms with Crippen molar-refractivity contribution in [2.75, 3.05) is 18.4 Å². The van der Waals surface area contributed by atoms with Crippen molar-refractivity contribution in [3.05, 3.63) is 33.3 Å². The molecule has 0 unspecified atom stereocenters. The van der Waals surface area contributed by atoms with Gasteiger partial charge < -0.3 is 10.6 Å². The van der Waals surface area contributed by atoms with Gasteiger partial charge in [-0.3, -0.25) is 14.9 Å². The van der Waals surface area contributed by atoms with E-state index in [9.17, 15) is 28.1 Å². The van der Waals surface area contributed by atoms with Gasteiger partial charge in [0.2, 0.25) is 5.91 Å². The number of hydrogen-bond acceptors (Lipinski definition) is 4. The third kappa shape index (κ3) is 5.41. The topological polar surface area (TPSA) is 84.3 Å². The molecule has 6 nitrogen and oxygen atoms in total. The van der Waals surface area contributed by atoms with E-state index in [0.717, 1.165) is 12.1 Å². The highest BCUT2D eigenvalue weighted by molar-refractivity contribution is 6.34. The predicted octanol–water partition coefficient (Wildman–Crippen LogP) is 2.34. The Bertz CT molecular complexity index is 522. The zero-order chi connectivity index (χ0) is 15.3. The number of non-ortho nitro benzene ring substituents is 1. The van der Waals surface area contributed by atoms with Gasteiger partial charge in [-0.25, -0.2) is 0 Å². The lowest BCUT2D eigenvalue weighted by atomic mass is 10.3. The van der Waals surface area contributed by atoms with E-state index in [-0.39, 0.29) is 16.4 Å². The van der Waals surface area contributed by atoms with E-state index in [1.807, 2.05) is 5.32 Å². The number of hydrogen-bond donors (Lipinski definition) is 2. The van der Waals surface area contributed by atoms with Crippen LogP contribution in [0.4, 0.5) is 24.5 Å². The van der Waals surface area contributed by atoms with Gasteiger partial charge in [0.1, 0.15) is 0 Å². The molecule has 0 radical (unpaired) electrons. The molecule has 0 aliphatic heterocycles. The summed E-state index contributed by atoms with van der Waals surface area (Å²) in [6.07, 6.45) is -4.41. The van der Waals surface area contributed by atoms with E-state index < -0.39 is 30.1 Å². The molecule has 0 saturated carbocycles. The summed E-state index contributed by atoms with van der Waals surface area (Å²) in [4.78, 5) is 21.1. The molecule has 2 N–H and O–H groups in total. The summed E-state index contributed by atoms with van der Waals surface area (Å²) in [5, 5.41) is 14.5. The normalized spacial score (nSPS) is 11.2. The van der Waals surface area contributed by atoms with Crippen molar-refractivity contribution < 1.29 is 22.9 Å². The van der Waals surface area contributed by atoms with E-state index in [1.165, 1.54) is 6.07 Å². The minimum absolute atomic E-state index is 0.0797. The number of nitrogens with one attached hydrogen (secondary N) is 2. The molecule has 0 atom stereocenters. The molecule has 0 aromatic heterocycles. The highest BCUT2D eigenvalue weighted by Crippen LogP contribution is 2.26. The van der Waals surface area contributed by atoms with Crippen LogP contribution in [0, 0.1) is 10.1 Å². The van der Waals surface area contributed by atoms with Crippen LogP contribution in [0.1, 0.15) is 0 Å². The number of carbonyl (C=O) groups is 1. The Balaban J connectivity index is 2.56. The summed E-state index contributed by atoms with van der Waals surface area (Å²) in [5.41, 5.74) is -0.181. The lowest BCUT2D eigenvalue weighted by Gasteiger charge is -2.09. The number of nitro benzene ring substituents is 1. The predicted molar refractivity (Wildman–Crippen MR) is 65.7 cm³/mol. The van der Waals surface area contributed by atoms with Crippen molar-refractivity contribution in [2.45, 2.75) is 6.18 Å². The standard InChI is InChI=1S/C10H9ClF3N3O3/c11-7-3-6(17(19)20)1-2-8(7)16-9(18)4-15-5-10(12,13)14/h1-3,15H,4-5H2,(H,16,18). The van der Waals surface area contributed by atoms with Crippen LogP contribution >= 0.6 is 11.6 Å². The molecule has 20 heavy (non-hydrogen) atoms. The fourth-order valence-corrected chi connectivity index (χ4v) is 1.45. The lowest BCUT2D eigenvalue weighted by Crippen LogP contribution is -2.35. The Morgan fingerprint density at radius 3 is 2.55 bits per heavy atom. The van der Waals surface area contributed by atoms with Crippen molar-refractivity contribution in [3.63, 3.8) is 0 Å². The summed E-state index contributed by atoms with van der Waals surface area (Å²) < 4.78 is 35.5. The molecule has 0 fully saturated rings. The summed E-state index contributed by atoms with van der Waals surface area (Å²) in [5.74, 6) is -0.745.